The fourth-order valence-electron chi connectivity index (χ4n) is 2.23. The number of thiazole rings is 1. The van der Waals surface area contributed by atoms with Crippen LogP contribution in [0.5, 0.6) is 0 Å². The van der Waals surface area contributed by atoms with Gasteiger partial charge in [-0.15, -0.1) is 11.3 Å². The number of benzene rings is 1. The topological polar surface area (TPSA) is 28.2 Å². The van der Waals surface area contributed by atoms with Crippen LogP contribution in [0.3, 0.4) is 0 Å². The van der Waals surface area contributed by atoms with Crippen molar-refractivity contribution < 1.29 is 0 Å². The number of likely N-dealkylation sites (N-methyl/N-ethyl adjacent to an activating group) is 1. The molecule has 2 aromatic rings. The summed E-state index contributed by atoms with van der Waals surface area (Å²) in [6.07, 6.45) is 2.95. The number of anilines is 2. The van der Waals surface area contributed by atoms with E-state index in [-0.39, 0.29) is 0 Å². The van der Waals surface area contributed by atoms with Gasteiger partial charge in [0.1, 0.15) is 0 Å². The molecule has 18 heavy (non-hydrogen) atoms. The van der Waals surface area contributed by atoms with E-state index in [1.54, 1.807) is 0 Å². The van der Waals surface area contributed by atoms with E-state index in [0.29, 0.717) is 4.47 Å². The summed E-state index contributed by atoms with van der Waals surface area (Å²) in [5.41, 5.74) is 3.93. The molecule has 0 spiro atoms. The Morgan fingerprint density at radius 2 is 2.39 bits per heavy atom. The van der Waals surface area contributed by atoms with Crippen LogP contribution in [0, 0.1) is 0 Å². The van der Waals surface area contributed by atoms with Gasteiger partial charge in [-0.1, -0.05) is 11.6 Å². The minimum Gasteiger partial charge on any atom is -0.380 e. The third-order valence-corrected chi connectivity index (χ3v) is 4.31. The highest BCUT2D eigenvalue weighted by Crippen LogP contribution is 2.29. The highest BCUT2D eigenvalue weighted by Gasteiger charge is 2.15. The van der Waals surface area contributed by atoms with Crippen molar-refractivity contribution >= 4 is 34.3 Å². The van der Waals surface area contributed by atoms with Crippen molar-refractivity contribution in [3.05, 3.63) is 39.3 Å². The predicted molar refractivity (Wildman–Crippen MR) is 77.9 cm³/mol. The molecule has 0 amide bonds. The zero-order valence-corrected chi connectivity index (χ0v) is 11.7. The van der Waals surface area contributed by atoms with Gasteiger partial charge in [0.25, 0.3) is 0 Å². The van der Waals surface area contributed by atoms with Crippen LogP contribution in [0.15, 0.2) is 24.4 Å². The molecular formula is C13H14ClN3S. The Labute approximate surface area is 115 Å². The lowest BCUT2D eigenvalue weighted by Crippen LogP contribution is -2.12. The Balaban J connectivity index is 1.70. The summed E-state index contributed by atoms with van der Waals surface area (Å²) in [4.78, 5) is 7.48. The predicted octanol–water partition coefficient (Wildman–Crippen LogP) is 3.40. The lowest BCUT2D eigenvalue weighted by molar-refractivity contribution is 0.956. The van der Waals surface area contributed by atoms with E-state index >= 15 is 0 Å². The monoisotopic (exact) mass is 279 g/mol. The molecule has 0 atom stereocenters. The maximum Gasteiger partial charge on any atom is 0.183 e. The maximum atomic E-state index is 5.81. The van der Waals surface area contributed by atoms with Crippen LogP contribution in [-0.2, 0) is 13.0 Å². The van der Waals surface area contributed by atoms with Crippen molar-refractivity contribution in [1.29, 1.82) is 0 Å². The Morgan fingerprint density at radius 3 is 3.17 bits per heavy atom. The number of hydrogen-bond donors (Lipinski definition) is 1. The highest BCUT2D eigenvalue weighted by atomic mass is 35.5. The van der Waals surface area contributed by atoms with Gasteiger partial charge in [-0.3, -0.25) is 0 Å². The van der Waals surface area contributed by atoms with E-state index in [4.69, 9.17) is 11.6 Å². The Hall–Kier alpha value is -1.26. The van der Waals surface area contributed by atoms with Gasteiger partial charge in [-0.05, 0) is 30.2 Å². The van der Waals surface area contributed by atoms with E-state index < -0.39 is 0 Å². The number of nitrogens with zero attached hydrogens (tertiary/aromatic N) is 2. The van der Waals surface area contributed by atoms with Crippen LogP contribution in [0.4, 0.5) is 11.4 Å². The summed E-state index contributed by atoms with van der Waals surface area (Å²) in [5.74, 6) is 0. The summed E-state index contributed by atoms with van der Waals surface area (Å²) in [5, 5.41) is 3.41. The van der Waals surface area contributed by atoms with Crippen LogP contribution in [0.25, 0.3) is 0 Å². The van der Waals surface area contributed by atoms with Crippen molar-refractivity contribution in [2.75, 3.05) is 23.8 Å². The van der Waals surface area contributed by atoms with E-state index in [0.717, 1.165) is 30.1 Å². The van der Waals surface area contributed by atoms with Crippen molar-refractivity contribution in [1.82, 2.24) is 4.98 Å². The molecule has 94 valence electrons. The molecule has 1 aliphatic heterocycles. The van der Waals surface area contributed by atoms with Gasteiger partial charge in [-0.2, -0.15) is 0 Å². The fraction of sp³-hybridized carbons (Fsp3) is 0.308. The molecule has 1 N–H and O–H groups in total. The van der Waals surface area contributed by atoms with Crippen LogP contribution in [0.1, 0.15) is 10.4 Å². The van der Waals surface area contributed by atoms with Crippen LogP contribution in [0.2, 0.25) is 4.47 Å². The molecule has 2 heterocycles. The van der Waals surface area contributed by atoms with Gasteiger partial charge < -0.3 is 10.2 Å². The standard InChI is InChI=1S/C13H14ClN3S/c1-17-5-4-9-6-10(2-3-12(9)17)15-7-11-8-16-13(14)18-11/h2-3,6,8,15H,4-5,7H2,1H3. The van der Waals surface area contributed by atoms with Gasteiger partial charge in [0.05, 0.1) is 6.54 Å². The largest absolute Gasteiger partial charge is 0.380 e. The van der Waals surface area contributed by atoms with E-state index in [2.05, 4.69) is 40.4 Å². The molecule has 3 nitrogen and oxygen atoms in total. The first kappa shape index (κ1) is 11.8. The lowest BCUT2D eigenvalue weighted by atomic mass is 10.1. The van der Waals surface area contributed by atoms with Crippen molar-refractivity contribution in [3.8, 4) is 0 Å². The summed E-state index contributed by atoms with van der Waals surface area (Å²) in [6.45, 7) is 1.89. The van der Waals surface area contributed by atoms with Crippen molar-refractivity contribution in [2.45, 2.75) is 13.0 Å². The third kappa shape index (κ3) is 2.31. The van der Waals surface area contributed by atoms with Crippen LogP contribution in [-0.4, -0.2) is 18.6 Å². The summed E-state index contributed by atoms with van der Waals surface area (Å²) >= 11 is 7.33. The smallest absolute Gasteiger partial charge is 0.183 e. The number of hydrogen-bond acceptors (Lipinski definition) is 4. The normalized spacial score (nSPS) is 13.8. The molecule has 1 aliphatic rings. The zero-order chi connectivity index (χ0) is 12.5. The van der Waals surface area contributed by atoms with Gasteiger partial charge in [0.2, 0.25) is 0 Å². The van der Waals surface area contributed by atoms with Gasteiger partial charge in [0, 0.05) is 36.0 Å². The maximum absolute atomic E-state index is 5.81. The van der Waals surface area contributed by atoms with Gasteiger partial charge in [-0.25, -0.2) is 4.98 Å². The van der Waals surface area contributed by atoms with E-state index in [1.807, 2.05) is 6.20 Å². The summed E-state index contributed by atoms with van der Waals surface area (Å²) in [6, 6.07) is 6.55. The molecule has 0 radical (unpaired) electrons. The SMILES string of the molecule is CN1CCc2cc(NCc3cnc(Cl)s3)ccc21. The average molecular weight is 280 g/mol. The number of aromatic nitrogens is 1. The molecule has 0 fully saturated rings. The van der Waals surface area contributed by atoms with E-state index in [9.17, 15) is 0 Å². The average Bonchev–Trinajstić information content (AvgIpc) is 2.94. The third-order valence-electron chi connectivity index (χ3n) is 3.20. The molecule has 5 heteroatoms. The molecule has 1 aromatic heterocycles. The first-order valence-electron chi connectivity index (χ1n) is 5.90. The first-order valence-corrected chi connectivity index (χ1v) is 7.10. The number of rotatable bonds is 3. The van der Waals surface area contributed by atoms with Crippen LogP contribution >= 0.6 is 22.9 Å². The molecule has 0 unspecified atom stereocenters. The van der Waals surface area contributed by atoms with Crippen LogP contribution < -0.4 is 10.2 Å². The summed E-state index contributed by atoms with van der Waals surface area (Å²) < 4.78 is 0.599. The quantitative estimate of drug-likeness (QED) is 0.933. The lowest BCUT2D eigenvalue weighted by Gasteiger charge is -2.12. The number of halogens is 1. The van der Waals surface area contributed by atoms with Crippen molar-refractivity contribution in [2.24, 2.45) is 0 Å². The molecule has 3 rings (SSSR count). The second kappa shape index (κ2) is 4.78. The number of fused-ring (bicyclic) bond motifs is 1. The molecule has 0 bridgehead atoms. The van der Waals surface area contributed by atoms with E-state index in [1.165, 1.54) is 22.6 Å². The Kier molecular flexibility index (Phi) is 3.14. The zero-order valence-electron chi connectivity index (χ0n) is 10.1. The number of nitrogens with one attached hydrogen (secondary N) is 1. The Morgan fingerprint density at radius 1 is 1.50 bits per heavy atom. The van der Waals surface area contributed by atoms with Gasteiger partial charge >= 0.3 is 0 Å². The summed E-state index contributed by atoms with van der Waals surface area (Å²) in [7, 11) is 2.14. The second-order valence-corrected chi connectivity index (χ2v) is 6.15. The van der Waals surface area contributed by atoms with Gasteiger partial charge in [0.15, 0.2) is 4.47 Å². The molecule has 0 saturated carbocycles. The molecule has 1 aromatic carbocycles. The minimum absolute atomic E-state index is 0.599. The first-order chi connectivity index (χ1) is 8.72. The molecule has 0 aliphatic carbocycles. The molecule has 0 saturated heterocycles. The minimum atomic E-state index is 0.599. The van der Waals surface area contributed by atoms with Crippen molar-refractivity contribution in [3.63, 3.8) is 0 Å². The fourth-order valence-corrected chi connectivity index (χ4v) is 3.15. The Bertz CT molecular complexity index is 567. The highest BCUT2D eigenvalue weighted by molar-refractivity contribution is 7.15. The second-order valence-electron chi connectivity index (χ2n) is 4.45. The molecular weight excluding hydrogens is 266 g/mol.